The average molecular weight is 416 g/mol. The number of nitrogens with two attached hydrogens (primary N) is 1. The van der Waals surface area contributed by atoms with E-state index >= 15 is 0 Å². The van der Waals surface area contributed by atoms with Crippen molar-refractivity contribution in [3.63, 3.8) is 0 Å². The largest absolute Gasteiger partial charge is 0.405 e. The van der Waals surface area contributed by atoms with E-state index in [-0.39, 0.29) is 5.69 Å². The Kier molecular flexibility index (Phi) is 5.48. The summed E-state index contributed by atoms with van der Waals surface area (Å²) in [6, 6.07) is 18.6. The number of anilines is 1. The van der Waals surface area contributed by atoms with Crippen LogP contribution in [0.1, 0.15) is 16.8 Å². The molecule has 2 heterocycles. The van der Waals surface area contributed by atoms with E-state index in [2.05, 4.69) is 20.3 Å². The summed E-state index contributed by atoms with van der Waals surface area (Å²) >= 11 is 0. The Labute approximate surface area is 176 Å². The van der Waals surface area contributed by atoms with Gasteiger partial charge in [0.1, 0.15) is 11.5 Å². The van der Waals surface area contributed by atoms with E-state index < -0.39 is 29.8 Å². The van der Waals surface area contributed by atoms with Gasteiger partial charge in [-0.25, -0.2) is 14.4 Å². The Morgan fingerprint density at radius 1 is 1.10 bits per heavy atom. The number of amides is 1. The normalized spacial score (nSPS) is 15.9. The number of benzene rings is 2. The number of amidine groups is 1. The Balaban J connectivity index is 1.66. The van der Waals surface area contributed by atoms with Crippen LogP contribution in [0.25, 0.3) is 0 Å². The molecule has 0 aliphatic carbocycles. The van der Waals surface area contributed by atoms with Gasteiger partial charge in [-0.1, -0.05) is 48.5 Å². The fourth-order valence-electron chi connectivity index (χ4n) is 2.97. The maximum Gasteiger partial charge on any atom is 0.291 e. The number of rotatable bonds is 3. The van der Waals surface area contributed by atoms with Crippen LogP contribution in [0.4, 0.5) is 10.1 Å². The summed E-state index contributed by atoms with van der Waals surface area (Å²) in [5.41, 5.74) is 8.57. The van der Waals surface area contributed by atoms with E-state index in [0.717, 1.165) is 23.4 Å². The van der Waals surface area contributed by atoms with Gasteiger partial charge in [-0.05, 0) is 18.2 Å². The predicted molar refractivity (Wildman–Crippen MR) is 115 cm³/mol. The molecule has 1 aliphatic rings. The van der Waals surface area contributed by atoms with Crippen LogP contribution in [0.2, 0.25) is 0 Å². The maximum atomic E-state index is 13.0. The minimum Gasteiger partial charge on any atom is -0.405 e. The molecule has 8 nitrogen and oxygen atoms in total. The topological polar surface area (TPSA) is 126 Å². The minimum atomic E-state index is -1.24. The molecule has 1 unspecified atom stereocenters. The van der Waals surface area contributed by atoms with Crippen LogP contribution in [0, 0.1) is 11.2 Å². The van der Waals surface area contributed by atoms with Crippen LogP contribution in [0.5, 0.6) is 0 Å². The van der Waals surface area contributed by atoms with E-state index in [1.807, 2.05) is 42.5 Å². The molecule has 0 bridgehead atoms. The van der Waals surface area contributed by atoms with Crippen LogP contribution >= 0.6 is 0 Å². The molecular formula is C22H17FN6O2. The van der Waals surface area contributed by atoms with E-state index in [0.29, 0.717) is 11.4 Å². The molecule has 1 aliphatic heterocycles. The van der Waals surface area contributed by atoms with Gasteiger partial charge in [0.15, 0.2) is 0 Å². The van der Waals surface area contributed by atoms with Gasteiger partial charge in [0.25, 0.3) is 11.9 Å². The highest BCUT2D eigenvalue weighted by molar-refractivity contribution is 6.19. The first-order chi connectivity index (χ1) is 15.0. The molecule has 1 aromatic heterocycles. The Morgan fingerprint density at radius 3 is 2.58 bits per heavy atom. The number of aromatic nitrogens is 1. The van der Waals surface area contributed by atoms with Crippen molar-refractivity contribution in [3.05, 3.63) is 95.6 Å². The zero-order valence-corrected chi connectivity index (χ0v) is 16.1. The lowest BCUT2D eigenvalue weighted by Gasteiger charge is -2.09. The molecule has 1 amide bonds. The van der Waals surface area contributed by atoms with Crippen molar-refractivity contribution in [1.29, 1.82) is 5.41 Å². The van der Waals surface area contributed by atoms with Crippen molar-refractivity contribution < 1.29 is 13.9 Å². The second-order valence-corrected chi connectivity index (χ2v) is 6.51. The number of benzodiazepines with no additional fused rings is 1. The number of hydrogen-bond donors (Lipinski definition) is 3. The highest BCUT2D eigenvalue weighted by atomic mass is 19.1. The summed E-state index contributed by atoms with van der Waals surface area (Å²) in [6.07, 6.45) is -0.288. The van der Waals surface area contributed by atoms with Crippen LogP contribution in [0.15, 0.2) is 82.9 Å². The van der Waals surface area contributed by atoms with E-state index in [1.165, 1.54) is 6.07 Å². The zero-order chi connectivity index (χ0) is 21.8. The van der Waals surface area contributed by atoms with Crippen LogP contribution in [-0.2, 0) is 9.53 Å². The lowest BCUT2D eigenvalue weighted by Crippen LogP contribution is -2.29. The molecule has 4 rings (SSSR count). The minimum absolute atomic E-state index is 0.0609. The molecule has 0 saturated heterocycles. The molecule has 154 valence electrons. The fourth-order valence-corrected chi connectivity index (χ4v) is 2.97. The Morgan fingerprint density at radius 2 is 1.84 bits per heavy atom. The molecular weight excluding hydrogens is 399 g/mol. The van der Waals surface area contributed by atoms with Crippen molar-refractivity contribution in [3.8, 4) is 0 Å². The second kappa shape index (κ2) is 8.54. The monoisotopic (exact) mass is 416 g/mol. The van der Waals surface area contributed by atoms with E-state index in [1.54, 1.807) is 12.1 Å². The van der Waals surface area contributed by atoms with E-state index in [4.69, 9.17) is 15.9 Å². The SMILES string of the molecule is N=C(O/C(N)=N/C1N=C(c2ccccc2)c2ccccc2NC1=O)c1ccc(F)cn1. The summed E-state index contributed by atoms with van der Waals surface area (Å²) in [6.45, 7) is 0. The molecule has 1 atom stereocenters. The van der Waals surface area contributed by atoms with Crippen LogP contribution in [-0.4, -0.2) is 34.7 Å². The number of carbonyl (C=O) groups is 1. The average Bonchev–Trinajstić information content (AvgIpc) is 2.91. The standard InChI is InChI=1S/C22H17FN6O2/c23-14-10-11-17(26-12-14)19(24)31-22(25)29-20-21(30)27-16-9-5-4-8-15(16)18(28-20)13-6-2-1-3-7-13/h1-12,20,24H,(H2,25,29)(H,27,30). The molecule has 0 spiro atoms. The molecule has 0 fully saturated rings. The van der Waals surface area contributed by atoms with E-state index in [9.17, 15) is 9.18 Å². The van der Waals surface area contributed by atoms with Crippen LogP contribution < -0.4 is 11.1 Å². The Hall–Kier alpha value is -4.40. The van der Waals surface area contributed by atoms with Gasteiger partial charge < -0.3 is 15.8 Å². The summed E-state index contributed by atoms with van der Waals surface area (Å²) in [4.78, 5) is 25.1. The quantitative estimate of drug-likeness (QED) is 0.448. The first-order valence-corrected chi connectivity index (χ1v) is 9.26. The predicted octanol–water partition coefficient (Wildman–Crippen LogP) is 2.69. The number of carbonyl (C=O) groups excluding carboxylic acids is 1. The number of nitrogens with zero attached hydrogens (tertiary/aromatic N) is 3. The van der Waals surface area contributed by atoms with Crippen LogP contribution in [0.3, 0.4) is 0 Å². The third-order valence-electron chi connectivity index (χ3n) is 4.39. The third-order valence-corrected chi connectivity index (χ3v) is 4.39. The summed E-state index contributed by atoms with van der Waals surface area (Å²) in [5, 5.41) is 10.7. The van der Waals surface area contributed by atoms with Gasteiger partial charge in [-0.2, -0.15) is 4.99 Å². The smallest absolute Gasteiger partial charge is 0.291 e. The molecule has 0 saturated carbocycles. The second-order valence-electron chi connectivity index (χ2n) is 6.51. The fraction of sp³-hybridized carbons (Fsp3) is 0.0455. The number of fused-ring (bicyclic) bond motifs is 1. The zero-order valence-electron chi connectivity index (χ0n) is 16.1. The lowest BCUT2D eigenvalue weighted by molar-refractivity contribution is -0.117. The van der Waals surface area contributed by atoms with Gasteiger partial charge in [0.05, 0.1) is 17.6 Å². The summed E-state index contributed by atoms with van der Waals surface area (Å²) in [5.74, 6) is -1.49. The summed E-state index contributed by atoms with van der Waals surface area (Å²) < 4.78 is 18.2. The highest BCUT2D eigenvalue weighted by Crippen LogP contribution is 2.24. The first-order valence-electron chi connectivity index (χ1n) is 9.26. The van der Waals surface area contributed by atoms with Crippen molar-refractivity contribution in [2.45, 2.75) is 6.17 Å². The maximum absolute atomic E-state index is 13.0. The van der Waals surface area contributed by atoms with Crippen molar-refractivity contribution in [1.82, 2.24) is 4.98 Å². The molecule has 9 heteroatoms. The molecule has 2 aromatic carbocycles. The number of pyridine rings is 1. The highest BCUT2D eigenvalue weighted by Gasteiger charge is 2.26. The van der Waals surface area contributed by atoms with Gasteiger partial charge in [0, 0.05) is 11.1 Å². The Bertz CT molecular complexity index is 1190. The van der Waals surface area contributed by atoms with Crippen molar-refractivity contribution in [2.24, 2.45) is 15.7 Å². The lowest BCUT2D eigenvalue weighted by atomic mass is 10.0. The molecule has 3 aromatic rings. The number of halogens is 1. The van der Waals surface area contributed by atoms with Gasteiger partial charge in [0.2, 0.25) is 12.1 Å². The van der Waals surface area contributed by atoms with Gasteiger partial charge in [-0.3, -0.25) is 10.2 Å². The molecule has 0 radical (unpaired) electrons. The number of hydrogen-bond acceptors (Lipinski definition) is 6. The van der Waals surface area contributed by atoms with Gasteiger partial charge in [-0.15, -0.1) is 0 Å². The molecule has 31 heavy (non-hydrogen) atoms. The summed E-state index contributed by atoms with van der Waals surface area (Å²) in [7, 11) is 0. The number of aliphatic imine (C=N–C) groups is 2. The number of nitrogens with one attached hydrogen (secondary N) is 2. The van der Waals surface area contributed by atoms with Crippen molar-refractivity contribution in [2.75, 3.05) is 5.32 Å². The van der Waals surface area contributed by atoms with Gasteiger partial charge >= 0.3 is 0 Å². The third kappa shape index (κ3) is 4.45. The number of ether oxygens (including phenoxy) is 1. The van der Waals surface area contributed by atoms with Crippen molar-refractivity contribution >= 4 is 29.2 Å². The number of para-hydroxylation sites is 1. The first kappa shape index (κ1) is 19.9. The molecule has 4 N–H and O–H groups in total.